The van der Waals surface area contributed by atoms with E-state index in [0.29, 0.717) is 11.3 Å². The molecule has 0 saturated carbocycles. The molecular weight excluding hydrogens is 424 g/mol. The highest BCUT2D eigenvalue weighted by atomic mass is 79.9. The van der Waals surface area contributed by atoms with E-state index in [2.05, 4.69) is 26.0 Å². The highest BCUT2D eigenvalue weighted by molar-refractivity contribution is 9.10. The molecular formula is C18H14BrF2N3O3. The fourth-order valence-corrected chi connectivity index (χ4v) is 2.84. The minimum Gasteiger partial charge on any atom is -0.403 e. The van der Waals surface area contributed by atoms with Crippen molar-refractivity contribution in [2.45, 2.75) is 13.0 Å². The number of halogens is 3. The maximum Gasteiger partial charge on any atom is 0.341 e. The van der Waals surface area contributed by atoms with E-state index in [1.807, 2.05) is 0 Å². The van der Waals surface area contributed by atoms with Gasteiger partial charge in [-0.3, -0.25) is 0 Å². The number of benzene rings is 1. The third kappa shape index (κ3) is 3.88. The second-order valence-corrected chi connectivity index (χ2v) is 6.29. The molecule has 2 aromatic heterocycles. The number of hydrogen-bond donors (Lipinski definition) is 0. The van der Waals surface area contributed by atoms with Gasteiger partial charge in [-0.05, 0) is 47.1 Å². The largest absolute Gasteiger partial charge is 0.403 e. The standard InChI is InChI=1S/C18H14BrF2N3O3/c1-10(26-2)18(25)27-17-15(19)16(11-7-8-14(21)22-9-11)24(23-17)13-6-4-3-5-12(13)20/h3-10H,1-2H3. The Bertz CT molecular complexity index is 976. The summed E-state index contributed by atoms with van der Waals surface area (Å²) in [5.41, 5.74) is 0.918. The summed E-state index contributed by atoms with van der Waals surface area (Å²) < 4.78 is 39.3. The summed E-state index contributed by atoms with van der Waals surface area (Å²) in [7, 11) is 1.37. The predicted molar refractivity (Wildman–Crippen MR) is 96.5 cm³/mol. The van der Waals surface area contributed by atoms with Crippen LogP contribution in [-0.2, 0) is 9.53 Å². The zero-order valence-corrected chi connectivity index (χ0v) is 15.9. The molecule has 0 aliphatic heterocycles. The third-order valence-corrected chi connectivity index (χ3v) is 4.48. The van der Waals surface area contributed by atoms with Crippen molar-refractivity contribution in [3.8, 4) is 22.8 Å². The summed E-state index contributed by atoms with van der Waals surface area (Å²) in [6, 6.07) is 8.59. The van der Waals surface area contributed by atoms with Gasteiger partial charge in [-0.15, -0.1) is 5.10 Å². The van der Waals surface area contributed by atoms with E-state index in [0.717, 1.165) is 0 Å². The number of rotatable bonds is 5. The third-order valence-electron chi connectivity index (χ3n) is 3.76. The minimum absolute atomic E-state index is 0.0773. The van der Waals surface area contributed by atoms with Gasteiger partial charge in [-0.2, -0.15) is 4.39 Å². The van der Waals surface area contributed by atoms with E-state index in [9.17, 15) is 13.6 Å². The fraction of sp³-hybridized carbons (Fsp3) is 0.167. The summed E-state index contributed by atoms with van der Waals surface area (Å²) in [6.45, 7) is 1.52. The number of hydrogen-bond acceptors (Lipinski definition) is 5. The first kappa shape index (κ1) is 19.1. The van der Waals surface area contributed by atoms with Crippen LogP contribution in [0.4, 0.5) is 8.78 Å². The van der Waals surface area contributed by atoms with Crippen molar-refractivity contribution >= 4 is 21.9 Å². The average molecular weight is 438 g/mol. The lowest BCUT2D eigenvalue weighted by molar-refractivity contribution is -0.144. The molecule has 0 bridgehead atoms. The molecule has 1 aromatic carbocycles. The highest BCUT2D eigenvalue weighted by Crippen LogP contribution is 2.37. The lowest BCUT2D eigenvalue weighted by atomic mass is 10.2. The van der Waals surface area contributed by atoms with E-state index in [-0.39, 0.29) is 16.0 Å². The van der Waals surface area contributed by atoms with Crippen molar-refractivity contribution in [2.75, 3.05) is 7.11 Å². The lowest BCUT2D eigenvalue weighted by Gasteiger charge is -2.08. The number of carbonyl (C=O) groups is 1. The molecule has 0 aliphatic carbocycles. The molecule has 0 radical (unpaired) electrons. The molecule has 3 aromatic rings. The van der Waals surface area contributed by atoms with Gasteiger partial charge in [-0.25, -0.2) is 18.9 Å². The van der Waals surface area contributed by atoms with Gasteiger partial charge in [-0.1, -0.05) is 12.1 Å². The van der Waals surface area contributed by atoms with Crippen LogP contribution in [0.1, 0.15) is 6.92 Å². The Morgan fingerprint density at radius 1 is 1.22 bits per heavy atom. The molecule has 0 N–H and O–H groups in total. The smallest absolute Gasteiger partial charge is 0.341 e. The second-order valence-electron chi connectivity index (χ2n) is 5.50. The van der Waals surface area contributed by atoms with Crippen LogP contribution in [0.3, 0.4) is 0 Å². The van der Waals surface area contributed by atoms with Gasteiger partial charge in [0.25, 0.3) is 5.88 Å². The number of nitrogens with zero attached hydrogens (tertiary/aromatic N) is 3. The molecule has 140 valence electrons. The van der Waals surface area contributed by atoms with Gasteiger partial charge >= 0.3 is 5.97 Å². The minimum atomic E-state index is -0.813. The maximum absolute atomic E-state index is 14.3. The van der Waals surface area contributed by atoms with Crippen LogP contribution in [0.25, 0.3) is 16.9 Å². The summed E-state index contributed by atoms with van der Waals surface area (Å²) in [5, 5.41) is 4.21. The highest BCUT2D eigenvalue weighted by Gasteiger charge is 2.25. The van der Waals surface area contributed by atoms with Crippen LogP contribution in [0.15, 0.2) is 47.1 Å². The SMILES string of the molecule is COC(C)C(=O)Oc1nn(-c2ccccc2F)c(-c2ccc(F)nc2)c1Br. The Labute approximate surface area is 161 Å². The Hall–Kier alpha value is -2.65. The molecule has 0 amide bonds. The van der Waals surface area contributed by atoms with Crippen LogP contribution in [0, 0.1) is 11.8 Å². The first-order valence-corrected chi connectivity index (χ1v) is 8.61. The number of para-hydroxylation sites is 1. The van der Waals surface area contributed by atoms with E-state index >= 15 is 0 Å². The van der Waals surface area contributed by atoms with E-state index in [1.54, 1.807) is 6.07 Å². The number of aromatic nitrogens is 3. The number of carbonyl (C=O) groups excluding carboxylic acids is 1. The molecule has 6 nitrogen and oxygen atoms in total. The molecule has 0 spiro atoms. The van der Waals surface area contributed by atoms with Gasteiger partial charge in [0, 0.05) is 18.9 Å². The van der Waals surface area contributed by atoms with Crippen molar-refractivity contribution in [2.24, 2.45) is 0 Å². The second kappa shape index (κ2) is 7.93. The average Bonchev–Trinajstić information content (AvgIpc) is 2.98. The molecule has 3 rings (SSSR count). The fourth-order valence-electron chi connectivity index (χ4n) is 2.28. The molecule has 9 heteroatoms. The quantitative estimate of drug-likeness (QED) is 0.447. The number of pyridine rings is 1. The van der Waals surface area contributed by atoms with Gasteiger partial charge in [0.05, 0.1) is 5.69 Å². The molecule has 2 heterocycles. The maximum atomic E-state index is 14.3. The zero-order chi connectivity index (χ0) is 19.6. The van der Waals surface area contributed by atoms with E-state index in [1.165, 1.54) is 55.2 Å². The summed E-state index contributed by atoms with van der Waals surface area (Å²) in [5.74, 6) is -1.94. The Balaban J connectivity index is 2.16. The van der Waals surface area contributed by atoms with Crippen molar-refractivity contribution in [1.29, 1.82) is 0 Å². The normalized spacial score (nSPS) is 12.0. The summed E-state index contributed by atoms with van der Waals surface area (Å²) in [4.78, 5) is 15.7. The predicted octanol–water partition coefficient (Wildman–Crippen LogP) is 3.92. The van der Waals surface area contributed by atoms with Gasteiger partial charge in [0.1, 0.15) is 16.0 Å². The Kier molecular flexibility index (Phi) is 5.62. The van der Waals surface area contributed by atoms with E-state index < -0.39 is 23.8 Å². The first-order chi connectivity index (χ1) is 12.9. The van der Waals surface area contributed by atoms with Crippen LogP contribution < -0.4 is 4.74 Å². The molecule has 1 atom stereocenters. The molecule has 27 heavy (non-hydrogen) atoms. The molecule has 1 unspecified atom stereocenters. The monoisotopic (exact) mass is 437 g/mol. The molecule has 0 saturated heterocycles. The number of methoxy groups -OCH3 is 1. The van der Waals surface area contributed by atoms with Crippen LogP contribution in [-0.4, -0.2) is 33.9 Å². The topological polar surface area (TPSA) is 66.2 Å². The molecule has 0 fully saturated rings. The van der Waals surface area contributed by atoms with Crippen LogP contribution >= 0.6 is 15.9 Å². The van der Waals surface area contributed by atoms with Crippen LogP contribution in [0.5, 0.6) is 5.88 Å². The van der Waals surface area contributed by atoms with Crippen molar-refractivity contribution in [3.05, 3.63) is 58.8 Å². The first-order valence-electron chi connectivity index (χ1n) is 7.82. The lowest BCUT2D eigenvalue weighted by Crippen LogP contribution is -2.24. The van der Waals surface area contributed by atoms with Crippen LogP contribution in [0.2, 0.25) is 0 Å². The number of esters is 1. The van der Waals surface area contributed by atoms with Crippen molar-refractivity contribution < 1.29 is 23.0 Å². The Morgan fingerprint density at radius 3 is 2.59 bits per heavy atom. The van der Waals surface area contributed by atoms with Gasteiger partial charge in [0.2, 0.25) is 5.95 Å². The van der Waals surface area contributed by atoms with Gasteiger partial charge < -0.3 is 9.47 Å². The van der Waals surface area contributed by atoms with Crippen molar-refractivity contribution in [3.63, 3.8) is 0 Å². The zero-order valence-electron chi connectivity index (χ0n) is 14.3. The van der Waals surface area contributed by atoms with Gasteiger partial charge in [0.15, 0.2) is 6.10 Å². The van der Waals surface area contributed by atoms with Crippen molar-refractivity contribution in [1.82, 2.24) is 14.8 Å². The summed E-state index contributed by atoms with van der Waals surface area (Å²) in [6.07, 6.45) is 0.462. The summed E-state index contributed by atoms with van der Waals surface area (Å²) >= 11 is 3.33. The number of ether oxygens (including phenoxy) is 2. The molecule has 0 aliphatic rings. The van der Waals surface area contributed by atoms with E-state index in [4.69, 9.17) is 9.47 Å². The Morgan fingerprint density at radius 2 is 1.96 bits per heavy atom.